The summed E-state index contributed by atoms with van der Waals surface area (Å²) in [6.07, 6.45) is 3.02. The Morgan fingerprint density at radius 3 is 1.97 bits per heavy atom. The van der Waals surface area contributed by atoms with Crippen molar-refractivity contribution in [2.75, 3.05) is 28.4 Å². The van der Waals surface area contributed by atoms with E-state index in [9.17, 15) is 24.4 Å². The number of carbonyl (C=O) groups is 4. The molecule has 0 aliphatic heterocycles. The predicted molar refractivity (Wildman–Crippen MR) is 132 cm³/mol. The standard InChI is InChI=1S/C27H22N2O8/c1-34-24(30)20-13-18(16-8-6-5-7-9-16)12-17(23(20)26(32)36-3)10-11-19-21(25(31)35-2)15-29(22(19)14-28)27(33)37-4/h5-13,15H,1-4H3/b11-10-. The second kappa shape index (κ2) is 11.5. The Hall–Kier alpha value is -5.17. The Bertz CT molecular complexity index is 1450. The molecule has 10 nitrogen and oxygen atoms in total. The Balaban J connectivity index is 2.33. The van der Waals surface area contributed by atoms with E-state index >= 15 is 0 Å². The van der Waals surface area contributed by atoms with Gasteiger partial charge in [-0.2, -0.15) is 5.26 Å². The summed E-state index contributed by atoms with van der Waals surface area (Å²) in [5.74, 6) is -2.38. The Labute approximate surface area is 212 Å². The molecule has 0 aliphatic carbocycles. The quantitative estimate of drug-likeness (QED) is 0.359. The van der Waals surface area contributed by atoms with Gasteiger partial charge >= 0.3 is 24.0 Å². The number of aromatic nitrogens is 1. The lowest BCUT2D eigenvalue weighted by Crippen LogP contribution is -2.14. The molecule has 0 fully saturated rings. The molecule has 0 aliphatic rings. The van der Waals surface area contributed by atoms with Crippen molar-refractivity contribution < 1.29 is 38.1 Å². The zero-order valence-corrected chi connectivity index (χ0v) is 20.4. The number of esters is 3. The number of hydrogen-bond acceptors (Lipinski definition) is 9. The van der Waals surface area contributed by atoms with Crippen LogP contribution in [0.3, 0.4) is 0 Å². The fourth-order valence-corrected chi connectivity index (χ4v) is 3.69. The zero-order chi connectivity index (χ0) is 27.1. The number of nitriles is 1. The monoisotopic (exact) mass is 502 g/mol. The number of rotatable bonds is 6. The van der Waals surface area contributed by atoms with E-state index in [1.165, 1.54) is 32.4 Å². The number of carbonyl (C=O) groups excluding carboxylic acids is 4. The summed E-state index contributed by atoms with van der Waals surface area (Å²) in [7, 11) is 4.63. The van der Waals surface area contributed by atoms with E-state index in [1.54, 1.807) is 6.07 Å². The Kier molecular flexibility index (Phi) is 8.22. The first-order valence-corrected chi connectivity index (χ1v) is 10.7. The van der Waals surface area contributed by atoms with E-state index in [4.69, 9.17) is 18.9 Å². The third-order valence-corrected chi connectivity index (χ3v) is 5.43. The van der Waals surface area contributed by atoms with Crippen LogP contribution in [0.5, 0.6) is 0 Å². The van der Waals surface area contributed by atoms with Gasteiger partial charge in [0.2, 0.25) is 0 Å². The van der Waals surface area contributed by atoms with Gasteiger partial charge in [0.15, 0.2) is 0 Å². The summed E-state index contributed by atoms with van der Waals surface area (Å²) in [4.78, 5) is 50.0. The van der Waals surface area contributed by atoms with Crippen molar-refractivity contribution in [2.24, 2.45) is 0 Å². The van der Waals surface area contributed by atoms with E-state index in [0.29, 0.717) is 5.56 Å². The third kappa shape index (κ3) is 5.26. The van der Waals surface area contributed by atoms with Crippen molar-refractivity contribution >= 4 is 36.2 Å². The highest BCUT2D eigenvalue weighted by Gasteiger charge is 2.25. The van der Waals surface area contributed by atoms with Crippen LogP contribution in [-0.4, -0.2) is 57.0 Å². The van der Waals surface area contributed by atoms with Crippen LogP contribution in [0.4, 0.5) is 4.79 Å². The molecule has 0 saturated heterocycles. The molecule has 10 heteroatoms. The van der Waals surface area contributed by atoms with Crippen LogP contribution in [0.15, 0.2) is 48.7 Å². The summed E-state index contributed by atoms with van der Waals surface area (Å²) in [5.41, 5.74) is 1.20. The predicted octanol–water partition coefficient (Wildman–Crippen LogP) is 4.17. The van der Waals surface area contributed by atoms with Crippen molar-refractivity contribution in [3.05, 3.63) is 82.2 Å². The summed E-state index contributed by atoms with van der Waals surface area (Å²) >= 11 is 0. The minimum Gasteiger partial charge on any atom is -0.465 e. The molecule has 188 valence electrons. The molecular formula is C27H22N2O8. The lowest BCUT2D eigenvalue weighted by atomic mass is 9.93. The fraction of sp³-hybridized carbons (Fsp3) is 0.148. The first-order chi connectivity index (χ1) is 17.8. The molecule has 1 aromatic heterocycles. The van der Waals surface area contributed by atoms with Gasteiger partial charge in [0.05, 0.1) is 45.1 Å². The number of methoxy groups -OCH3 is 4. The van der Waals surface area contributed by atoms with Crippen LogP contribution in [0.2, 0.25) is 0 Å². The Morgan fingerprint density at radius 1 is 0.784 bits per heavy atom. The normalized spacial score (nSPS) is 10.5. The van der Waals surface area contributed by atoms with Crippen LogP contribution >= 0.6 is 0 Å². The largest absolute Gasteiger partial charge is 0.465 e. The van der Waals surface area contributed by atoms with Gasteiger partial charge in [-0.15, -0.1) is 0 Å². The SMILES string of the molecule is COC(=O)c1cn(C(=O)OC)c(C#N)c1/C=C\c1cc(-c2ccccc2)cc(C(=O)OC)c1C(=O)OC. The van der Waals surface area contributed by atoms with E-state index < -0.39 is 24.0 Å². The molecule has 0 bridgehead atoms. The van der Waals surface area contributed by atoms with Gasteiger partial charge in [-0.3, -0.25) is 0 Å². The maximum absolute atomic E-state index is 12.8. The lowest BCUT2D eigenvalue weighted by Gasteiger charge is -2.13. The van der Waals surface area contributed by atoms with E-state index in [0.717, 1.165) is 30.5 Å². The molecule has 3 aromatic rings. The molecule has 3 rings (SSSR count). The average molecular weight is 502 g/mol. The third-order valence-electron chi connectivity index (χ3n) is 5.43. The maximum Gasteiger partial charge on any atom is 0.418 e. The van der Waals surface area contributed by atoms with Crippen molar-refractivity contribution in [1.82, 2.24) is 4.57 Å². The second-order valence-corrected chi connectivity index (χ2v) is 7.42. The highest BCUT2D eigenvalue weighted by molar-refractivity contribution is 6.07. The van der Waals surface area contributed by atoms with Gasteiger partial charge in [-0.05, 0) is 28.8 Å². The van der Waals surface area contributed by atoms with Crippen LogP contribution in [0.25, 0.3) is 23.3 Å². The fourth-order valence-electron chi connectivity index (χ4n) is 3.69. The number of nitrogens with zero attached hydrogens (tertiary/aromatic N) is 2. The molecule has 0 saturated carbocycles. The van der Waals surface area contributed by atoms with E-state index in [-0.39, 0.29) is 33.5 Å². The average Bonchev–Trinajstić information content (AvgIpc) is 3.32. The van der Waals surface area contributed by atoms with Crippen LogP contribution < -0.4 is 0 Å². The summed E-state index contributed by atoms with van der Waals surface area (Å²) in [6.45, 7) is 0. The van der Waals surface area contributed by atoms with Crippen molar-refractivity contribution in [1.29, 1.82) is 5.26 Å². The highest BCUT2D eigenvalue weighted by Crippen LogP contribution is 2.30. The molecular weight excluding hydrogens is 480 g/mol. The van der Waals surface area contributed by atoms with E-state index in [1.807, 2.05) is 36.4 Å². The number of ether oxygens (including phenoxy) is 4. The summed E-state index contributed by atoms with van der Waals surface area (Å²) in [5, 5.41) is 9.73. The summed E-state index contributed by atoms with van der Waals surface area (Å²) < 4.78 is 20.2. The molecule has 37 heavy (non-hydrogen) atoms. The molecule has 0 N–H and O–H groups in total. The van der Waals surface area contributed by atoms with Gasteiger partial charge in [-0.1, -0.05) is 42.5 Å². The minimum absolute atomic E-state index is 0.0419. The van der Waals surface area contributed by atoms with Gasteiger partial charge in [0.25, 0.3) is 0 Å². The van der Waals surface area contributed by atoms with Crippen molar-refractivity contribution in [3.8, 4) is 17.2 Å². The van der Waals surface area contributed by atoms with Crippen molar-refractivity contribution in [3.63, 3.8) is 0 Å². The van der Waals surface area contributed by atoms with Crippen LogP contribution in [-0.2, 0) is 18.9 Å². The Morgan fingerprint density at radius 2 is 1.41 bits per heavy atom. The zero-order valence-electron chi connectivity index (χ0n) is 20.4. The highest BCUT2D eigenvalue weighted by atomic mass is 16.5. The summed E-state index contributed by atoms with van der Waals surface area (Å²) in [6, 6.07) is 14.1. The van der Waals surface area contributed by atoms with Crippen LogP contribution in [0, 0.1) is 11.3 Å². The maximum atomic E-state index is 12.8. The number of benzene rings is 2. The molecule has 0 atom stereocenters. The van der Waals surface area contributed by atoms with Gasteiger partial charge in [0.1, 0.15) is 11.8 Å². The van der Waals surface area contributed by atoms with Crippen molar-refractivity contribution in [2.45, 2.75) is 0 Å². The molecule has 0 spiro atoms. The number of hydrogen-bond donors (Lipinski definition) is 0. The second-order valence-electron chi connectivity index (χ2n) is 7.42. The first-order valence-electron chi connectivity index (χ1n) is 10.7. The smallest absolute Gasteiger partial charge is 0.418 e. The van der Waals surface area contributed by atoms with Gasteiger partial charge in [-0.25, -0.2) is 23.7 Å². The first kappa shape index (κ1) is 26.4. The lowest BCUT2D eigenvalue weighted by molar-refractivity contribution is 0.0555. The van der Waals surface area contributed by atoms with Crippen LogP contribution in [0.1, 0.15) is 47.9 Å². The topological polar surface area (TPSA) is 134 Å². The molecule has 0 unspecified atom stereocenters. The molecule has 0 radical (unpaired) electrons. The molecule has 0 amide bonds. The molecule has 2 aromatic carbocycles. The van der Waals surface area contributed by atoms with Gasteiger partial charge in [0, 0.05) is 11.8 Å². The van der Waals surface area contributed by atoms with Gasteiger partial charge < -0.3 is 18.9 Å². The van der Waals surface area contributed by atoms with E-state index in [2.05, 4.69) is 0 Å². The molecule has 1 heterocycles. The minimum atomic E-state index is -0.893.